The van der Waals surface area contributed by atoms with E-state index in [9.17, 15) is 14.7 Å². The first-order valence-corrected chi connectivity index (χ1v) is 11.5. The number of hydrogen-bond donors (Lipinski definition) is 1. The van der Waals surface area contributed by atoms with Crippen molar-refractivity contribution in [3.05, 3.63) is 12.2 Å². The van der Waals surface area contributed by atoms with Crippen LogP contribution in [0.1, 0.15) is 52.9 Å². The number of carbonyl (C=O) groups excluding carboxylic acids is 2. The second kappa shape index (κ2) is 5.34. The molecule has 0 aromatic heterocycles. The van der Waals surface area contributed by atoms with Crippen LogP contribution in [0.4, 0.5) is 0 Å². The molecule has 0 unspecified atom stereocenters. The van der Waals surface area contributed by atoms with Gasteiger partial charge >= 0.3 is 5.97 Å². The zero-order chi connectivity index (χ0) is 20.5. The van der Waals surface area contributed by atoms with E-state index in [1.165, 1.54) is 6.92 Å². The standard InChI is InChI=1S/C24H33NO4/c1-5-25-11-22(4)7-6-19(29-13(3)26)24-17(22)8-15(20(24)25)23-10-14(12(2)21(23)28)16(27)9-18(23)24/h14-15,17-21,28H,2,5-11H2,1,3-4H3/t14-,15+,17-,18-,19+,20-,21-,22+,23+,24+/m1/s1. The van der Waals surface area contributed by atoms with Gasteiger partial charge in [0.25, 0.3) is 0 Å². The summed E-state index contributed by atoms with van der Waals surface area (Å²) >= 11 is 0. The molecule has 1 aliphatic heterocycles. The lowest BCUT2D eigenvalue weighted by atomic mass is 9.43. The molecule has 10 atom stereocenters. The molecule has 7 bridgehead atoms. The summed E-state index contributed by atoms with van der Waals surface area (Å²) in [7, 11) is 0. The summed E-state index contributed by atoms with van der Waals surface area (Å²) < 4.78 is 6.08. The van der Waals surface area contributed by atoms with E-state index in [1.807, 2.05) is 0 Å². The molecule has 6 fully saturated rings. The molecule has 5 saturated carbocycles. The number of ether oxygens (including phenoxy) is 1. The molecule has 2 spiro atoms. The number of aliphatic hydroxyl groups excluding tert-OH is 1. The number of rotatable bonds is 2. The Balaban J connectivity index is 1.60. The third-order valence-electron chi connectivity index (χ3n) is 10.6. The molecule has 158 valence electrons. The molecule has 5 heteroatoms. The summed E-state index contributed by atoms with van der Waals surface area (Å²) in [5.41, 5.74) is 0.483. The van der Waals surface area contributed by atoms with Gasteiger partial charge in [0, 0.05) is 42.7 Å². The molecule has 0 amide bonds. The van der Waals surface area contributed by atoms with Crippen LogP contribution in [0.15, 0.2) is 12.2 Å². The van der Waals surface area contributed by atoms with Crippen molar-refractivity contribution in [3.63, 3.8) is 0 Å². The summed E-state index contributed by atoms with van der Waals surface area (Å²) in [5, 5.41) is 11.5. The molecule has 6 aliphatic rings. The predicted molar refractivity (Wildman–Crippen MR) is 107 cm³/mol. The van der Waals surface area contributed by atoms with Gasteiger partial charge in [0.2, 0.25) is 0 Å². The van der Waals surface area contributed by atoms with Crippen molar-refractivity contribution in [1.29, 1.82) is 0 Å². The Kier molecular flexibility index (Phi) is 3.42. The van der Waals surface area contributed by atoms with Crippen molar-refractivity contribution in [1.82, 2.24) is 4.90 Å². The van der Waals surface area contributed by atoms with Gasteiger partial charge in [-0.1, -0.05) is 20.4 Å². The predicted octanol–water partition coefficient (Wildman–Crippen LogP) is 2.57. The number of likely N-dealkylation sites (tertiary alicyclic amines) is 1. The first-order chi connectivity index (χ1) is 13.7. The van der Waals surface area contributed by atoms with Gasteiger partial charge in [0.05, 0.1) is 6.10 Å². The molecule has 1 heterocycles. The summed E-state index contributed by atoms with van der Waals surface area (Å²) in [6, 6.07) is 0.298. The molecule has 6 rings (SSSR count). The van der Waals surface area contributed by atoms with E-state index in [-0.39, 0.29) is 45.9 Å². The zero-order valence-corrected chi connectivity index (χ0v) is 17.8. The molecule has 29 heavy (non-hydrogen) atoms. The van der Waals surface area contributed by atoms with Crippen LogP contribution in [-0.4, -0.2) is 53.1 Å². The van der Waals surface area contributed by atoms with E-state index in [1.54, 1.807) is 0 Å². The van der Waals surface area contributed by atoms with Crippen LogP contribution in [0.2, 0.25) is 0 Å². The van der Waals surface area contributed by atoms with E-state index in [4.69, 9.17) is 4.74 Å². The monoisotopic (exact) mass is 399 g/mol. The highest BCUT2D eigenvalue weighted by Gasteiger charge is 2.85. The van der Waals surface area contributed by atoms with Crippen LogP contribution in [-0.2, 0) is 14.3 Å². The van der Waals surface area contributed by atoms with E-state index < -0.39 is 6.10 Å². The third kappa shape index (κ3) is 1.76. The van der Waals surface area contributed by atoms with Gasteiger partial charge in [-0.2, -0.15) is 0 Å². The van der Waals surface area contributed by atoms with Crippen molar-refractivity contribution in [2.24, 2.45) is 39.9 Å². The summed E-state index contributed by atoms with van der Waals surface area (Å²) in [4.78, 5) is 27.9. The topological polar surface area (TPSA) is 66.8 Å². The molecular formula is C24H33NO4. The lowest BCUT2D eigenvalue weighted by molar-refractivity contribution is -0.222. The van der Waals surface area contributed by atoms with Gasteiger partial charge in [-0.3, -0.25) is 14.5 Å². The smallest absolute Gasteiger partial charge is 0.302 e. The van der Waals surface area contributed by atoms with Gasteiger partial charge in [0.15, 0.2) is 0 Å². The minimum Gasteiger partial charge on any atom is -0.462 e. The van der Waals surface area contributed by atoms with Gasteiger partial charge in [0.1, 0.15) is 11.9 Å². The Hall–Kier alpha value is -1.20. The normalized spacial score (nSPS) is 57.2. The number of ketones is 1. The number of piperidine rings is 1. The maximum atomic E-state index is 13.2. The molecule has 5 nitrogen and oxygen atoms in total. The summed E-state index contributed by atoms with van der Waals surface area (Å²) in [6.07, 6.45) is 3.59. The highest BCUT2D eigenvalue weighted by atomic mass is 16.5. The molecular weight excluding hydrogens is 366 g/mol. The lowest BCUT2D eigenvalue weighted by Crippen LogP contribution is -2.69. The highest BCUT2D eigenvalue weighted by Crippen LogP contribution is 2.83. The fourth-order valence-corrected chi connectivity index (χ4v) is 10.1. The van der Waals surface area contributed by atoms with Crippen LogP contribution in [0.3, 0.4) is 0 Å². The van der Waals surface area contributed by atoms with E-state index in [2.05, 4.69) is 25.3 Å². The summed E-state index contributed by atoms with van der Waals surface area (Å²) in [6.45, 7) is 12.4. The van der Waals surface area contributed by atoms with Crippen LogP contribution >= 0.6 is 0 Å². The Bertz CT molecular complexity index is 839. The first kappa shape index (κ1) is 18.6. The molecule has 5 aliphatic carbocycles. The maximum Gasteiger partial charge on any atom is 0.302 e. The van der Waals surface area contributed by atoms with Crippen molar-refractivity contribution in [3.8, 4) is 0 Å². The second-order valence-corrected chi connectivity index (χ2v) is 11.3. The fraction of sp³-hybridized carbons (Fsp3) is 0.833. The van der Waals surface area contributed by atoms with Crippen LogP contribution in [0, 0.1) is 39.9 Å². The minimum absolute atomic E-state index is 0.0973. The van der Waals surface area contributed by atoms with E-state index >= 15 is 0 Å². The molecule has 0 aromatic carbocycles. The SMILES string of the molecule is C=C1[C@H]2C[C@@]3([C@@H]1O)[C@@H](CC2=O)[C@@]12[C@@H](OC(C)=O)CC[C@@]4(C)CN(CC)[C@@H]1[C@@H]3C[C@H]42. The largest absolute Gasteiger partial charge is 0.462 e. The number of Topliss-reactive ketones (excluding diaryl/α,β-unsaturated/α-hetero) is 1. The maximum absolute atomic E-state index is 13.2. The number of fused-ring (bicyclic) bond motifs is 1. The van der Waals surface area contributed by atoms with Gasteiger partial charge < -0.3 is 9.84 Å². The number of carbonyl (C=O) groups is 2. The number of nitrogens with zero attached hydrogens (tertiary/aromatic N) is 1. The number of aliphatic hydroxyl groups is 1. The van der Waals surface area contributed by atoms with Gasteiger partial charge in [-0.25, -0.2) is 0 Å². The molecule has 0 radical (unpaired) electrons. The number of esters is 1. The Morgan fingerprint density at radius 1 is 1.38 bits per heavy atom. The second-order valence-electron chi connectivity index (χ2n) is 11.3. The number of hydrogen-bond acceptors (Lipinski definition) is 5. The van der Waals surface area contributed by atoms with E-state index in [0.29, 0.717) is 24.3 Å². The van der Waals surface area contributed by atoms with Crippen LogP contribution in [0.25, 0.3) is 0 Å². The van der Waals surface area contributed by atoms with E-state index in [0.717, 1.165) is 44.3 Å². The lowest BCUT2D eigenvalue weighted by Gasteiger charge is -2.65. The zero-order valence-electron chi connectivity index (χ0n) is 17.8. The Morgan fingerprint density at radius 2 is 2.14 bits per heavy atom. The van der Waals surface area contributed by atoms with Crippen molar-refractivity contribution >= 4 is 11.8 Å². The average Bonchev–Trinajstić information content (AvgIpc) is 3.18. The Labute approximate surface area is 172 Å². The fourth-order valence-electron chi connectivity index (χ4n) is 10.1. The average molecular weight is 400 g/mol. The van der Waals surface area contributed by atoms with Crippen LogP contribution < -0.4 is 0 Å². The van der Waals surface area contributed by atoms with Crippen molar-refractivity contribution in [2.45, 2.75) is 71.1 Å². The molecule has 1 saturated heterocycles. The van der Waals surface area contributed by atoms with Crippen LogP contribution in [0.5, 0.6) is 0 Å². The highest BCUT2D eigenvalue weighted by molar-refractivity contribution is 5.87. The van der Waals surface area contributed by atoms with Gasteiger partial charge in [-0.15, -0.1) is 0 Å². The molecule has 1 N–H and O–H groups in total. The third-order valence-corrected chi connectivity index (χ3v) is 10.6. The van der Waals surface area contributed by atoms with Crippen molar-refractivity contribution in [2.75, 3.05) is 13.1 Å². The first-order valence-electron chi connectivity index (χ1n) is 11.5. The Morgan fingerprint density at radius 3 is 2.83 bits per heavy atom. The van der Waals surface area contributed by atoms with Gasteiger partial charge in [-0.05, 0) is 61.0 Å². The quantitative estimate of drug-likeness (QED) is 0.571. The molecule has 0 aromatic rings. The summed E-state index contributed by atoms with van der Waals surface area (Å²) in [5.74, 6) is 0.792. The van der Waals surface area contributed by atoms with Crippen molar-refractivity contribution < 1.29 is 19.4 Å². The minimum atomic E-state index is -0.597.